The van der Waals surface area contributed by atoms with E-state index in [0.29, 0.717) is 13.0 Å². The Bertz CT molecular complexity index is 351. The monoisotopic (exact) mass is 242 g/mol. The fraction of sp³-hybridized carbons (Fsp3) is 0.923. The van der Waals surface area contributed by atoms with Gasteiger partial charge < -0.3 is 14.9 Å². The SMILES string of the molecule is CCOC(=O)[C@@]12CC[C@@](C)([C@H](O)[C@@H]1O)C2(C)C. The van der Waals surface area contributed by atoms with Crippen molar-refractivity contribution < 1.29 is 19.7 Å². The molecule has 0 aromatic heterocycles. The zero-order chi connectivity index (χ0) is 13.1. The Morgan fingerprint density at radius 2 is 1.82 bits per heavy atom. The molecule has 4 heteroatoms. The molecule has 2 aliphatic carbocycles. The third kappa shape index (κ3) is 1.13. The van der Waals surface area contributed by atoms with E-state index in [1.54, 1.807) is 6.92 Å². The molecule has 0 aliphatic heterocycles. The highest BCUT2D eigenvalue weighted by atomic mass is 16.5. The normalized spacial score (nSPS) is 47.2. The number of hydrogen-bond donors (Lipinski definition) is 2. The van der Waals surface area contributed by atoms with Crippen LogP contribution in [0.3, 0.4) is 0 Å². The first-order chi connectivity index (χ1) is 7.75. The molecule has 2 fully saturated rings. The van der Waals surface area contributed by atoms with Crippen molar-refractivity contribution in [2.45, 2.75) is 52.7 Å². The van der Waals surface area contributed by atoms with Crippen LogP contribution in [0.4, 0.5) is 0 Å². The van der Waals surface area contributed by atoms with E-state index in [-0.39, 0.29) is 5.97 Å². The summed E-state index contributed by atoms with van der Waals surface area (Å²) in [5.41, 5.74) is -1.82. The highest BCUT2D eigenvalue weighted by Crippen LogP contribution is 2.72. The van der Waals surface area contributed by atoms with Gasteiger partial charge in [0, 0.05) is 5.41 Å². The maximum atomic E-state index is 12.2. The van der Waals surface area contributed by atoms with Crippen LogP contribution in [0.2, 0.25) is 0 Å². The van der Waals surface area contributed by atoms with Gasteiger partial charge in [0.05, 0.1) is 18.8 Å². The van der Waals surface area contributed by atoms with Crippen molar-refractivity contribution in [3.63, 3.8) is 0 Å². The van der Waals surface area contributed by atoms with Crippen LogP contribution in [-0.4, -0.2) is 35.0 Å². The fourth-order valence-electron chi connectivity index (χ4n) is 3.98. The summed E-state index contributed by atoms with van der Waals surface area (Å²) < 4.78 is 5.14. The van der Waals surface area contributed by atoms with E-state index in [4.69, 9.17) is 4.74 Å². The van der Waals surface area contributed by atoms with E-state index >= 15 is 0 Å². The maximum Gasteiger partial charge on any atom is 0.315 e. The van der Waals surface area contributed by atoms with Crippen LogP contribution >= 0.6 is 0 Å². The molecule has 0 heterocycles. The molecule has 0 saturated heterocycles. The predicted octanol–water partition coefficient (Wildman–Crippen LogP) is 1.10. The first-order valence-electron chi connectivity index (χ1n) is 6.29. The molecular formula is C13H22O4. The molecule has 17 heavy (non-hydrogen) atoms. The number of ether oxygens (including phenoxy) is 1. The van der Waals surface area contributed by atoms with Gasteiger partial charge in [0.15, 0.2) is 0 Å². The van der Waals surface area contributed by atoms with Crippen molar-refractivity contribution in [1.29, 1.82) is 0 Å². The van der Waals surface area contributed by atoms with Crippen LogP contribution in [-0.2, 0) is 9.53 Å². The molecule has 0 aromatic carbocycles. The Hall–Kier alpha value is -0.610. The molecule has 0 radical (unpaired) electrons. The van der Waals surface area contributed by atoms with Crippen molar-refractivity contribution in [3.05, 3.63) is 0 Å². The number of esters is 1. The van der Waals surface area contributed by atoms with Gasteiger partial charge in [-0.2, -0.15) is 0 Å². The Morgan fingerprint density at radius 3 is 2.24 bits per heavy atom. The maximum absolute atomic E-state index is 12.2. The lowest BCUT2D eigenvalue weighted by molar-refractivity contribution is -0.171. The molecule has 0 spiro atoms. The van der Waals surface area contributed by atoms with E-state index < -0.39 is 28.5 Å². The van der Waals surface area contributed by atoms with Crippen molar-refractivity contribution in [2.75, 3.05) is 6.61 Å². The lowest BCUT2D eigenvalue weighted by atomic mass is 9.64. The molecule has 2 saturated carbocycles. The standard InChI is InChI=1S/C13H22O4/c1-5-17-10(16)13-7-6-12(4,11(13,2)3)8(14)9(13)15/h8-9,14-15H,5-7H2,1-4H3/t8-,9+,12+,13-/m1/s1. The fourth-order valence-corrected chi connectivity index (χ4v) is 3.98. The zero-order valence-corrected chi connectivity index (χ0v) is 11.0. The lowest BCUT2D eigenvalue weighted by Gasteiger charge is -2.39. The second-order valence-corrected chi connectivity index (χ2v) is 6.12. The lowest BCUT2D eigenvalue weighted by Crippen LogP contribution is -2.49. The number of carbonyl (C=O) groups is 1. The van der Waals surface area contributed by atoms with Gasteiger partial charge in [-0.15, -0.1) is 0 Å². The first-order valence-corrected chi connectivity index (χ1v) is 6.29. The molecule has 4 atom stereocenters. The molecule has 0 amide bonds. The second-order valence-electron chi connectivity index (χ2n) is 6.12. The summed E-state index contributed by atoms with van der Waals surface area (Å²) in [6.07, 6.45) is -0.532. The van der Waals surface area contributed by atoms with Gasteiger partial charge in [0.25, 0.3) is 0 Å². The molecule has 2 aliphatic rings. The van der Waals surface area contributed by atoms with Crippen molar-refractivity contribution in [3.8, 4) is 0 Å². The molecule has 4 nitrogen and oxygen atoms in total. The van der Waals surface area contributed by atoms with E-state index in [9.17, 15) is 15.0 Å². The average molecular weight is 242 g/mol. The highest BCUT2D eigenvalue weighted by molar-refractivity contribution is 5.81. The Kier molecular flexibility index (Phi) is 2.61. The van der Waals surface area contributed by atoms with Gasteiger partial charge in [0.1, 0.15) is 5.41 Å². The van der Waals surface area contributed by atoms with E-state index in [2.05, 4.69) is 0 Å². The van der Waals surface area contributed by atoms with Gasteiger partial charge in [0.2, 0.25) is 0 Å². The molecule has 2 rings (SSSR count). The van der Waals surface area contributed by atoms with Crippen LogP contribution in [0.15, 0.2) is 0 Å². The van der Waals surface area contributed by atoms with Gasteiger partial charge in [-0.3, -0.25) is 4.79 Å². The summed E-state index contributed by atoms with van der Waals surface area (Å²) in [5.74, 6) is -0.363. The van der Waals surface area contributed by atoms with Gasteiger partial charge >= 0.3 is 5.97 Å². The second kappa shape index (κ2) is 3.45. The molecular weight excluding hydrogens is 220 g/mol. The topological polar surface area (TPSA) is 66.8 Å². The van der Waals surface area contributed by atoms with Gasteiger partial charge in [-0.25, -0.2) is 0 Å². The third-order valence-corrected chi connectivity index (χ3v) is 5.68. The van der Waals surface area contributed by atoms with Crippen molar-refractivity contribution >= 4 is 5.97 Å². The number of fused-ring (bicyclic) bond motifs is 2. The van der Waals surface area contributed by atoms with Crippen molar-refractivity contribution in [2.24, 2.45) is 16.2 Å². The number of aliphatic hydroxyl groups is 2. The molecule has 2 N–H and O–H groups in total. The minimum Gasteiger partial charge on any atom is -0.465 e. The molecule has 0 aromatic rings. The van der Waals surface area contributed by atoms with Crippen LogP contribution in [0.25, 0.3) is 0 Å². The number of carbonyl (C=O) groups excluding carboxylic acids is 1. The Balaban J connectivity index is 2.50. The minimum absolute atomic E-state index is 0.302. The molecule has 0 unspecified atom stereocenters. The summed E-state index contributed by atoms with van der Waals surface area (Å²) in [6.45, 7) is 7.92. The smallest absolute Gasteiger partial charge is 0.315 e. The van der Waals surface area contributed by atoms with Crippen LogP contribution in [0.5, 0.6) is 0 Å². The van der Waals surface area contributed by atoms with Gasteiger partial charge in [-0.05, 0) is 25.2 Å². The van der Waals surface area contributed by atoms with E-state index in [0.717, 1.165) is 6.42 Å². The summed E-state index contributed by atoms with van der Waals surface area (Å²) >= 11 is 0. The first kappa shape index (κ1) is 12.8. The number of hydrogen-bond acceptors (Lipinski definition) is 4. The summed E-state index contributed by atoms with van der Waals surface area (Å²) in [6, 6.07) is 0. The van der Waals surface area contributed by atoms with E-state index in [1.807, 2.05) is 20.8 Å². The van der Waals surface area contributed by atoms with Crippen molar-refractivity contribution in [1.82, 2.24) is 0 Å². The van der Waals surface area contributed by atoms with Gasteiger partial charge in [-0.1, -0.05) is 20.8 Å². The number of aliphatic hydroxyl groups excluding tert-OH is 2. The zero-order valence-electron chi connectivity index (χ0n) is 11.0. The molecule has 98 valence electrons. The van der Waals surface area contributed by atoms with Crippen LogP contribution in [0, 0.1) is 16.2 Å². The summed E-state index contributed by atoms with van der Waals surface area (Å²) in [5, 5.41) is 20.5. The Labute approximate surface area is 102 Å². The molecule has 2 bridgehead atoms. The summed E-state index contributed by atoms with van der Waals surface area (Å²) in [7, 11) is 0. The highest BCUT2D eigenvalue weighted by Gasteiger charge is 2.77. The van der Waals surface area contributed by atoms with E-state index in [1.165, 1.54) is 0 Å². The Morgan fingerprint density at radius 1 is 1.24 bits per heavy atom. The van der Waals surface area contributed by atoms with Crippen LogP contribution < -0.4 is 0 Å². The van der Waals surface area contributed by atoms with Crippen LogP contribution in [0.1, 0.15) is 40.5 Å². The minimum atomic E-state index is -1.02. The largest absolute Gasteiger partial charge is 0.465 e. The average Bonchev–Trinajstić information content (AvgIpc) is 2.52. The number of rotatable bonds is 2. The summed E-state index contributed by atoms with van der Waals surface area (Å²) in [4.78, 5) is 12.2. The predicted molar refractivity (Wildman–Crippen MR) is 62.2 cm³/mol. The quantitative estimate of drug-likeness (QED) is 0.712. The third-order valence-electron chi connectivity index (χ3n) is 5.68.